The molecule has 1 atom stereocenters. The van der Waals surface area contributed by atoms with E-state index in [4.69, 9.17) is 9.47 Å². The predicted molar refractivity (Wildman–Crippen MR) is 107 cm³/mol. The van der Waals surface area contributed by atoms with Gasteiger partial charge in [0, 0.05) is 0 Å². The van der Waals surface area contributed by atoms with Crippen molar-refractivity contribution < 1.29 is 19.1 Å². The van der Waals surface area contributed by atoms with E-state index in [9.17, 15) is 9.59 Å². The summed E-state index contributed by atoms with van der Waals surface area (Å²) in [6, 6.07) is 0. The minimum absolute atomic E-state index is 0.207. The summed E-state index contributed by atoms with van der Waals surface area (Å²) < 4.78 is 11.2. The zero-order valence-electron chi connectivity index (χ0n) is 18.1. The Kier molecular flexibility index (Phi) is 13.7. The number of Topliss-reactive ketones (excluding diaryl/α,β-unsaturated/α-hetero) is 1. The Morgan fingerprint density at radius 3 is 1.62 bits per heavy atom. The van der Waals surface area contributed by atoms with Gasteiger partial charge in [-0.05, 0) is 47.5 Å². The molecule has 4 heteroatoms. The van der Waals surface area contributed by atoms with Crippen LogP contribution in [0.4, 0.5) is 0 Å². The molecule has 0 amide bonds. The van der Waals surface area contributed by atoms with Crippen molar-refractivity contribution >= 4 is 11.8 Å². The first-order valence-corrected chi connectivity index (χ1v) is 10.7. The molecule has 0 N–H and O–H groups in total. The van der Waals surface area contributed by atoms with Crippen LogP contribution >= 0.6 is 0 Å². The molecule has 0 spiro atoms. The number of ether oxygens (including phenoxy) is 2. The van der Waals surface area contributed by atoms with Gasteiger partial charge in [-0.2, -0.15) is 0 Å². The van der Waals surface area contributed by atoms with Gasteiger partial charge in [-0.15, -0.1) is 0 Å². The van der Waals surface area contributed by atoms with Crippen molar-refractivity contribution in [1.82, 2.24) is 0 Å². The Labute approximate surface area is 161 Å². The summed E-state index contributed by atoms with van der Waals surface area (Å²) in [5.41, 5.74) is -1.45. The lowest BCUT2D eigenvalue weighted by molar-refractivity contribution is -0.186. The van der Waals surface area contributed by atoms with Gasteiger partial charge in [-0.3, -0.25) is 4.79 Å². The van der Waals surface area contributed by atoms with Crippen molar-refractivity contribution in [1.29, 1.82) is 0 Å². The van der Waals surface area contributed by atoms with Crippen LogP contribution in [-0.4, -0.2) is 29.6 Å². The van der Waals surface area contributed by atoms with Crippen molar-refractivity contribution in [3.05, 3.63) is 0 Å². The van der Waals surface area contributed by atoms with Crippen LogP contribution in [0.15, 0.2) is 0 Å². The molecule has 0 saturated heterocycles. The average Bonchev–Trinajstić information content (AvgIpc) is 2.54. The fourth-order valence-electron chi connectivity index (χ4n) is 3.18. The number of hydrogen-bond acceptors (Lipinski definition) is 4. The number of hydrogen-bond donors (Lipinski definition) is 0. The lowest BCUT2D eigenvalue weighted by Gasteiger charge is -2.32. The van der Waals surface area contributed by atoms with E-state index in [2.05, 4.69) is 6.92 Å². The second kappa shape index (κ2) is 14.2. The molecule has 0 aromatic rings. The van der Waals surface area contributed by atoms with Crippen LogP contribution in [0, 0.1) is 0 Å². The largest absolute Gasteiger partial charge is 0.460 e. The number of carbonyl (C=O) groups is 2. The molecule has 4 nitrogen and oxygen atoms in total. The Hall–Kier alpha value is -0.900. The normalized spacial score (nSPS) is 13.8. The summed E-state index contributed by atoms with van der Waals surface area (Å²) in [6.45, 7) is 10.9. The maximum absolute atomic E-state index is 12.6. The Bertz CT molecular complexity index is 390. The third kappa shape index (κ3) is 10.3. The van der Waals surface area contributed by atoms with Crippen molar-refractivity contribution in [3.63, 3.8) is 0 Å². The smallest absolute Gasteiger partial charge is 0.346 e. The molecule has 26 heavy (non-hydrogen) atoms. The second-order valence-electron chi connectivity index (χ2n) is 7.94. The van der Waals surface area contributed by atoms with Crippen LogP contribution in [-0.2, 0) is 19.1 Å². The highest BCUT2D eigenvalue weighted by Crippen LogP contribution is 2.26. The molecule has 0 radical (unpaired) electrons. The van der Waals surface area contributed by atoms with Gasteiger partial charge in [0.05, 0.1) is 12.2 Å². The van der Waals surface area contributed by atoms with E-state index in [1.807, 2.05) is 13.8 Å². The third-order valence-electron chi connectivity index (χ3n) is 4.56. The van der Waals surface area contributed by atoms with Gasteiger partial charge in [0.2, 0.25) is 5.60 Å². The number of esters is 1. The molecule has 0 heterocycles. The molecule has 0 aromatic carbocycles. The average molecular weight is 371 g/mol. The zero-order valence-corrected chi connectivity index (χ0v) is 18.1. The molecule has 0 saturated carbocycles. The van der Waals surface area contributed by atoms with E-state index in [0.29, 0.717) is 6.42 Å². The molecule has 154 valence electrons. The summed E-state index contributed by atoms with van der Waals surface area (Å²) in [5.74, 6) is -0.794. The van der Waals surface area contributed by atoms with Gasteiger partial charge < -0.3 is 9.47 Å². The van der Waals surface area contributed by atoms with Crippen LogP contribution in [0.2, 0.25) is 0 Å². The standard InChI is InChI=1S/C22H42O4/c1-7-8-9-10-11-12-13-14-15-16-17-22(20(6)23,26-19(4)5)21(24)25-18(2)3/h18-19H,7-17H2,1-6H3. The summed E-state index contributed by atoms with van der Waals surface area (Å²) in [7, 11) is 0. The SMILES string of the molecule is CCCCCCCCCCCCC(OC(C)C)(C(C)=O)C(=O)OC(C)C. The highest BCUT2D eigenvalue weighted by Gasteiger charge is 2.46. The van der Waals surface area contributed by atoms with E-state index >= 15 is 0 Å². The third-order valence-corrected chi connectivity index (χ3v) is 4.56. The fraction of sp³-hybridized carbons (Fsp3) is 0.909. The monoisotopic (exact) mass is 370 g/mol. The number of ketones is 1. The van der Waals surface area contributed by atoms with Gasteiger partial charge in [0.25, 0.3) is 0 Å². The maximum Gasteiger partial charge on any atom is 0.346 e. The minimum Gasteiger partial charge on any atom is -0.460 e. The zero-order chi connectivity index (χ0) is 20.0. The first kappa shape index (κ1) is 25.1. The molecule has 1 unspecified atom stereocenters. The molecule has 0 rings (SSSR count). The van der Waals surface area contributed by atoms with Crippen molar-refractivity contribution in [2.24, 2.45) is 0 Å². The molecule has 0 bridgehead atoms. The van der Waals surface area contributed by atoms with Crippen LogP contribution in [0.25, 0.3) is 0 Å². The fourth-order valence-corrected chi connectivity index (χ4v) is 3.18. The molecule has 0 aliphatic rings. The lowest BCUT2D eigenvalue weighted by Crippen LogP contribution is -2.51. The summed E-state index contributed by atoms with van der Waals surface area (Å²) in [6.07, 6.45) is 12.0. The molecule has 0 aromatic heterocycles. The lowest BCUT2D eigenvalue weighted by atomic mass is 9.91. The Morgan fingerprint density at radius 1 is 0.769 bits per heavy atom. The van der Waals surface area contributed by atoms with Gasteiger partial charge in [0.15, 0.2) is 5.78 Å². The van der Waals surface area contributed by atoms with Gasteiger partial charge >= 0.3 is 5.97 Å². The molecule has 0 aliphatic heterocycles. The predicted octanol–water partition coefficient (Wildman–Crippen LogP) is 6.00. The van der Waals surface area contributed by atoms with Gasteiger partial charge in [-0.1, -0.05) is 64.7 Å². The van der Waals surface area contributed by atoms with E-state index in [1.54, 1.807) is 13.8 Å². The first-order valence-electron chi connectivity index (χ1n) is 10.7. The highest BCUT2D eigenvalue weighted by molar-refractivity contribution is 6.06. The molecular formula is C22H42O4. The number of unbranched alkanes of at least 4 members (excludes halogenated alkanes) is 9. The highest BCUT2D eigenvalue weighted by atomic mass is 16.6. The Morgan fingerprint density at radius 2 is 1.23 bits per heavy atom. The summed E-state index contributed by atoms with van der Waals surface area (Å²) >= 11 is 0. The van der Waals surface area contributed by atoms with Gasteiger partial charge in [0.1, 0.15) is 0 Å². The molecular weight excluding hydrogens is 328 g/mol. The maximum atomic E-state index is 12.6. The molecule has 0 aliphatic carbocycles. The second-order valence-corrected chi connectivity index (χ2v) is 7.94. The summed E-state index contributed by atoms with van der Waals surface area (Å²) in [5, 5.41) is 0. The van der Waals surface area contributed by atoms with E-state index < -0.39 is 11.6 Å². The topological polar surface area (TPSA) is 52.6 Å². The number of carbonyl (C=O) groups excluding carboxylic acids is 2. The Balaban J connectivity index is 4.39. The van der Waals surface area contributed by atoms with Crippen molar-refractivity contribution in [2.45, 2.75) is 130 Å². The van der Waals surface area contributed by atoms with E-state index in [-0.39, 0.29) is 18.0 Å². The van der Waals surface area contributed by atoms with E-state index in [1.165, 1.54) is 51.9 Å². The minimum atomic E-state index is -1.45. The number of rotatable bonds is 16. The molecule has 0 fully saturated rings. The van der Waals surface area contributed by atoms with Gasteiger partial charge in [-0.25, -0.2) is 4.79 Å². The van der Waals surface area contributed by atoms with Crippen LogP contribution in [0.5, 0.6) is 0 Å². The first-order chi connectivity index (χ1) is 12.3. The van der Waals surface area contributed by atoms with Crippen LogP contribution in [0.3, 0.4) is 0 Å². The van der Waals surface area contributed by atoms with Crippen molar-refractivity contribution in [2.75, 3.05) is 0 Å². The van der Waals surface area contributed by atoms with Crippen molar-refractivity contribution in [3.8, 4) is 0 Å². The van der Waals surface area contributed by atoms with Crippen LogP contribution < -0.4 is 0 Å². The quantitative estimate of drug-likeness (QED) is 0.190. The van der Waals surface area contributed by atoms with Crippen LogP contribution in [0.1, 0.15) is 112 Å². The summed E-state index contributed by atoms with van der Waals surface area (Å²) in [4.78, 5) is 24.9. The van der Waals surface area contributed by atoms with E-state index in [0.717, 1.165) is 19.3 Å².